The highest BCUT2D eigenvalue weighted by Crippen LogP contribution is 2.05. The van der Waals surface area contributed by atoms with Crippen molar-refractivity contribution in [1.82, 2.24) is 15.0 Å². The average molecular weight is 258 g/mol. The Balaban J connectivity index is 1.86. The Morgan fingerprint density at radius 1 is 1.32 bits per heavy atom. The maximum Gasteiger partial charge on any atom is 0.246 e. The first-order valence-electron chi connectivity index (χ1n) is 6.52. The van der Waals surface area contributed by atoms with Crippen LogP contribution in [0.3, 0.4) is 0 Å². The van der Waals surface area contributed by atoms with Crippen molar-refractivity contribution in [2.24, 2.45) is 0 Å². The number of nitrogens with zero attached hydrogens (tertiary/aromatic N) is 3. The molecule has 0 spiro atoms. The zero-order chi connectivity index (χ0) is 13.5. The van der Waals surface area contributed by atoms with Gasteiger partial charge in [-0.1, -0.05) is 36.8 Å². The summed E-state index contributed by atoms with van der Waals surface area (Å²) in [5.74, 6) is -0.0989. The molecule has 1 heterocycles. The van der Waals surface area contributed by atoms with Gasteiger partial charge in [0.15, 0.2) is 0 Å². The molecule has 1 aromatic carbocycles. The molecule has 19 heavy (non-hydrogen) atoms. The molecule has 0 saturated carbocycles. The zero-order valence-corrected chi connectivity index (χ0v) is 11.0. The fraction of sp³-hybridized carbons (Fsp3) is 0.357. The van der Waals surface area contributed by atoms with Crippen LogP contribution in [0.1, 0.15) is 25.5 Å². The van der Waals surface area contributed by atoms with Crippen molar-refractivity contribution in [2.75, 3.05) is 5.32 Å². The number of rotatable bonds is 6. The van der Waals surface area contributed by atoms with E-state index >= 15 is 0 Å². The molecular weight excluding hydrogens is 240 g/mol. The molecule has 0 aliphatic carbocycles. The third-order valence-corrected chi connectivity index (χ3v) is 2.74. The number of aryl methyl sites for hydroxylation is 1. The molecule has 5 nitrogen and oxygen atoms in total. The summed E-state index contributed by atoms with van der Waals surface area (Å²) in [4.78, 5) is 11.8. The van der Waals surface area contributed by atoms with E-state index in [4.69, 9.17) is 0 Å². The second kappa shape index (κ2) is 6.68. The quantitative estimate of drug-likeness (QED) is 0.864. The molecule has 0 fully saturated rings. The van der Waals surface area contributed by atoms with Crippen LogP contribution in [-0.4, -0.2) is 20.9 Å². The van der Waals surface area contributed by atoms with Crippen LogP contribution >= 0.6 is 0 Å². The summed E-state index contributed by atoms with van der Waals surface area (Å²) >= 11 is 0. The van der Waals surface area contributed by atoms with Crippen LogP contribution in [0.4, 0.5) is 5.69 Å². The molecule has 1 amide bonds. The highest BCUT2D eigenvalue weighted by molar-refractivity contribution is 5.90. The Bertz CT molecular complexity index is 521. The lowest BCUT2D eigenvalue weighted by Crippen LogP contribution is -2.19. The van der Waals surface area contributed by atoms with Gasteiger partial charge in [0.2, 0.25) is 5.91 Å². The second-order valence-corrected chi connectivity index (χ2v) is 4.43. The first-order chi connectivity index (χ1) is 9.28. The first kappa shape index (κ1) is 13.3. The van der Waals surface area contributed by atoms with Crippen LogP contribution in [0.15, 0.2) is 36.5 Å². The smallest absolute Gasteiger partial charge is 0.246 e. The summed E-state index contributed by atoms with van der Waals surface area (Å²) in [6.45, 7) is 2.33. The van der Waals surface area contributed by atoms with Gasteiger partial charge in [0.05, 0.1) is 5.69 Å². The number of carbonyl (C=O) groups is 1. The van der Waals surface area contributed by atoms with E-state index in [1.807, 2.05) is 36.5 Å². The fourth-order valence-electron chi connectivity index (χ4n) is 1.76. The third kappa shape index (κ3) is 4.21. The van der Waals surface area contributed by atoms with Gasteiger partial charge in [0, 0.05) is 11.9 Å². The molecular formula is C14H18N4O. The lowest BCUT2D eigenvalue weighted by molar-refractivity contribution is -0.116. The lowest BCUT2D eigenvalue weighted by Gasteiger charge is -2.04. The minimum Gasteiger partial charge on any atom is -0.324 e. The maximum atomic E-state index is 11.8. The molecule has 100 valence electrons. The minimum atomic E-state index is -0.0989. The van der Waals surface area contributed by atoms with Gasteiger partial charge < -0.3 is 5.32 Å². The van der Waals surface area contributed by atoms with E-state index in [1.165, 1.54) is 0 Å². The Morgan fingerprint density at radius 3 is 2.84 bits per heavy atom. The lowest BCUT2D eigenvalue weighted by atomic mass is 10.2. The minimum absolute atomic E-state index is 0.0989. The van der Waals surface area contributed by atoms with Gasteiger partial charge in [-0.2, -0.15) is 0 Å². The number of hydrogen-bond acceptors (Lipinski definition) is 3. The number of amides is 1. The summed E-state index contributed by atoms with van der Waals surface area (Å²) in [7, 11) is 0. The number of para-hydroxylation sites is 1. The summed E-state index contributed by atoms with van der Waals surface area (Å²) in [6, 6.07) is 9.38. The Kier molecular flexibility index (Phi) is 4.66. The van der Waals surface area contributed by atoms with Gasteiger partial charge in [-0.15, -0.1) is 5.10 Å². The summed E-state index contributed by atoms with van der Waals surface area (Å²) in [5, 5.41) is 10.8. The van der Waals surface area contributed by atoms with Gasteiger partial charge in [-0.05, 0) is 25.0 Å². The SMILES string of the molecule is CCCCc1cn(CC(=O)Nc2ccccc2)nn1. The monoisotopic (exact) mass is 258 g/mol. The second-order valence-electron chi connectivity index (χ2n) is 4.43. The number of aromatic nitrogens is 3. The molecule has 0 bridgehead atoms. The van der Waals surface area contributed by atoms with Crippen LogP contribution in [0.5, 0.6) is 0 Å². The molecule has 2 rings (SSSR count). The average Bonchev–Trinajstić information content (AvgIpc) is 2.85. The van der Waals surface area contributed by atoms with E-state index in [-0.39, 0.29) is 12.5 Å². The van der Waals surface area contributed by atoms with E-state index in [0.29, 0.717) is 0 Å². The Hall–Kier alpha value is -2.17. The fourth-order valence-corrected chi connectivity index (χ4v) is 1.76. The number of carbonyl (C=O) groups excluding carboxylic acids is 1. The number of benzene rings is 1. The van der Waals surface area contributed by atoms with Crippen molar-refractivity contribution in [2.45, 2.75) is 32.7 Å². The zero-order valence-electron chi connectivity index (χ0n) is 11.0. The van der Waals surface area contributed by atoms with Crippen LogP contribution in [0.25, 0.3) is 0 Å². The molecule has 0 unspecified atom stereocenters. The molecule has 2 aromatic rings. The highest BCUT2D eigenvalue weighted by atomic mass is 16.2. The Labute approximate surface area is 112 Å². The normalized spacial score (nSPS) is 10.4. The van der Waals surface area contributed by atoms with E-state index in [1.54, 1.807) is 4.68 Å². The van der Waals surface area contributed by atoms with Gasteiger partial charge >= 0.3 is 0 Å². The van der Waals surface area contributed by atoms with Gasteiger partial charge in [0.1, 0.15) is 6.54 Å². The van der Waals surface area contributed by atoms with E-state index < -0.39 is 0 Å². The molecule has 0 radical (unpaired) electrons. The van der Waals surface area contributed by atoms with Crippen molar-refractivity contribution in [3.63, 3.8) is 0 Å². The van der Waals surface area contributed by atoms with Crippen molar-refractivity contribution in [1.29, 1.82) is 0 Å². The van der Waals surface area contributed by atoms with Crippen LogP contribution < -0.4 is 5.32 Å². The van der Waals surface area contributed by atoms with Crippen molar-refractivity contribution in [3.05, 3.63) is 42.2 Å². The molecule has 0 aliphatic rings. The number of unbranched alkanes of at least 4 members (excludes halogenated alkanes) is 1. The number of nitrogens with one attached hydrogen (secondary N) is 1. The van der Waals surface area contributed by atoms with Gasteiger partial charge in [0.25, 0.3) is 0 Å². The first-order valence-corrected chi connectivity index (χ1v) is 6.52. The van der Waals surface area contributed by atoms with Crippen LogP contribution in [0, 0.1) is 0 Å². The van der Waals surface area contributed by atoms with Crippen molar-refractivity contribution >= 4 is 11.6 Å². The Morgan fingerprint density at radius 2 is 2.11 bits per heavy atom. The van der Waals surface area contributed by atoms with Gasteiger partial charge in [-0.3, -0.25) is 4.79 Å². The van der Waals surface area contributed by atoms with Crippen molar-refractivity contribution < 1.29 is 4.79 Å². The highest BCUT2D eigenvalue weighted by Gasteiger charge is 2.06. The topological polar surface area (TPSA) is 59.8 Å². The summed E-state index contributed by atoms with van der Waals surface area (Å²) in [6.07, 6.45) is 4.97. The van der Waals surface area contributed by atoms with Crippen LogP contribution in [-0.2, 0) is 17.8 Å². The molecule has 1 N–H and O–H groups in total. The third-order valence-electron chi connectivity index (χ3n) is 2.74. The molecule has 0 saturated heterocycles. The standard InChI is InChI=1S/C14H18N4O/c1-2-3-7-13-10-18(17-16-13)11-14(19)15-12-8-5-4-6-9-12/h4-6,8-10H,2-3,7,11H2,1H3,(H,15,19). The number of anilines is 1. The van der Waals surface area contributed by atoms with E-state index in [9.17, 15) is 4.79 Å². The molecule has 1 aromatic heterocycles. The summed E-state index contributed by atoms with van der Waals surface area (Å²) in [5.41, 5.74) is 1.73. The number of hydrogen-bond donors (Lipinski definition) is 1. The van der Waals surface area contributed by atoms with Gasteiger partial charge in [-0.25, -0.2) is 4.68 Å². The molecule has 0 aliphatic heterocycles. The van der Waals surface area contributed by atoms with E-state index in [2.05, 4.69) is 22.6 Å². The molecule has 5 heteroatoms. The van der Waals surface area contributed by atoms with Crippen molar-refractivity contribution in [3.8, 4) is 0 Å². The predicted octanol–water partition coefficient (Wildman–Crippen LogP) is 2.26. The predicted molar refractivity (Wildman–Crippen MR) is 73.7 cm³/mol. The largest absolute Gasteiger partial charge is 0.324 e. The summed E-state index contributed by atoms with van der Waals surface area (Å²) < 4.78 is 1.57. The van der Waals surface area contributed by atoms with Crippen LogP contribution in [0.2, 0.25) is 0 Å². The van der Waals surface area contributed by atoms with E-state index in [0.717, 1.165) is 30.6 Å². The molecule has 0 atom stereocenters. The maximum absolute atomic E-state index is 11.8.